The molecule has 0 radical (unpaired) electrons. The molecule has 150 valence electrons. The van der Waals surface area contributed by atoms with E-state index >= 15 is 0 Å². The lowest BCUT2D eigenvalue weighted by atomic mass is 9.94. The van der Waals surface area contributed by atoms with Crippen molar-refractivity contribution in [3.8, 4) is 0 Å². The van der Waals surface area contributed by atoms with Gasteiger partial charge in [-0.1, -0.05) is 52.8 Å². The first kappa shape index (κ1) is 23.0. The Morgan fingerprint density at radius 2 is 1.89 bits per heavy atom. The fourth-order valence-corrected chi connectivity index (χ4v) is 3.35. The van der Waals surface area contributed by atoms with Crippen LogP contribution in [0.3, 0.4) is 0 Å². The summed E-state index contributed by atoms with van der Waals surface area (Å²) in [6.07, 6.45) is 9.10. The van der Waals surface area contributed by atoms with E-state index in [2.05, 4.69) is 72.5 Å². The van der Waals surface area contributed by atoms with Gasteiger partial charge in [-0.15, -0.1) is 0 Å². The lowest BCUT2D eigenvalue weighted by molar-refractivity contribution is 0.335. The molecule has 27 heavy (non-hydrogen) atoms. The van der Waals surface area contributed by atoms with Gasteiger partial charge in [-0.2, -0.15) is 0 Å². The Hall–Kier alpha value is -2.03. The molecule has 0 aliphatic carbocycles. The molecule has 0 aromatic carbocycles. The highest BCUT2D eigenvalue weighted by Crippen LogP contribution is 2.35. The maximum atomic E-state index is 5.40. The average Bonchev–Trinajstić information content (AvgIpc) is 2.92. The molecule has 3 nitrogen and oxygen atoms in total. The van der Waals surface area contributed by atoms with E-state index in [1.165, 1.54) is 11.1 Å². The van der Waals surface area contributed by atoms with Gasteiger partial charge in [-0.25, -0.2) is 0 Å². The van der Waals surface area contributed by atoms with E-state index in [1.807, 2.05) is 0 Å². The minimum atomic E-state index is 0.332. The van der Waals surface area contributed by atoms with Crippen molar-refractivity contribution in [3.05, 3.63) is 58.7 Å². The van der Waals surface area contributed by atoms with Gasteiger partial charge < -0.3 is 10.1 Å². The number of rotatable bonds is 10. The van der Waals surface area contributed by atoms with Crippen LogP contribution in [0.1, 0.15) is 67.7 Å². The summed E-state index contributed by atoms with van der Waals surface area (Å²) < 4.78 is 5.40. The Kier molecular flexibility index (Phi) is 9.34. The van der Waals surface area contributed by atoms with Gasteiger partial charge in [0.25, 0.3) is 0 Å². The van der Waals surface area contributed by atoms with Crippen molar-refractivity contribution < 1.29 is 4.74 Å². The first-order valence-corrected chi connectivity index (χ1v) is 10.2. The summed E-state index contributed by atoms with van der Waals surface area (Å²) in [6, 6.07) is 0.332. The van der Waals surface area contributed by atoms with E-state index in [0.29, 0.717) is 12.0 Å². The van der Waals surface area contributed by atoms with Crippen LogP contribution in [0.2, 0.25) is 0 Å². The fourth-order valence-electron chi connectivity index (χ4n) is 3.35. The van der Waals surface area contributed by atoms with Gasteiger partial charge >= 0.3 is 0 Å². The molecule has 2 unspecified atom stereocenters. The van der Waals surface area contributed by atoms with Crippen molar-refractivity contribution in [1.29, 1.82) is 0 Å². The molecule has 3 heteroatoms. The molecule has 1 N–H and O–H groups in total. The van der Waals surface area contributed by atoms with Gasteiger partial charge in [0.05, 0.1) is 19.1 Å². The van der Waals surface area contributed by atoms with E-state index in [-0.39, 0.29) is 0 Å². The minimum Gasteiger partial charge on any atom is -0.504 e. The van der Waals surface area contributed by atoms with Crippen LogP contribution < -0.4 is 5.32 Å². The molecule has 0 saturated heterocycles. The zero-order valence-corrected chi connectivity index (χ0v) is 18.6. The maximum absolute atomic E-state index is 5.40. The molecule has 2 atom stereocenters. The third-order valence-electron chi connectivity index (χ3n) is 5.38. The number of aliphatic imine (C=N–C) groups is 1. The highest BCUT2D eigenvalue weighted by atomic mass is 16.5. The molecule has 0 bridgehead atoms. The molecule has 0 aromatic heterocycles. The van der Waals surface area contributed by atoms with Crippen LogP contribution in [0.5, 0.6) is 0 Å². The maximum Gasteiger partial charge on any atom is 0.0904 e. The van der Waals surface area contributed by atoms with Gasteiger partial charge in [0, 0.05) is 28.6 Å². The molecule has 1 aliphatic heterocycles. The van der Waals surface area contributed by atoms with E-state index in [0.717, 1.165) is 47.5 Å². The number of nitrogens with zero attached hydrogens (tertiary/aromatic N) is 1. The fraction of sp³-hybridized carbons (Fsp3) is 0.542. The Labute approximate surface area is 166 Å². The van der Waals surface area contributed by atoms with Crippen LogP contribution in [0.25, 0.3) is 0 Å². The van der Waals surface area contributed by atoms with Gasteiger partial charge in [0.1, 0.15) is 0 Å². The normalized spacial score (nSPS) is 19.3. The molecule has 1 heterocycles. The number of nitrogens with one attached hydrogen (secondary N) is 1. The van der Waals surface area contributed by atoms with Gasteiger partial charge in [-0.3, -0.25) is 4.99 Å². The topological polar surface area (TPSA) is 33.6 Å². The highest BCUT2D eigenvalue weighted by Gasteiger charge is 2.24. The Morgan fingerprint density at radius 1 is 1.22 bits per heavy atom. The molecular formula is C24H38N2O. The number of hydrogen-bond acceptors (Lipinski definition) is 3. The number of ether oxygens (including phenoxy) is 1. The van der Waals surface area contributed by atoms with Gasteiger partial charge in [0.2, 0.25) is 0 Å². The highest BCUT2D eigenvalue weighted by molar-refractivity contribution is 6.03. The van der Waals surface area contributed by atoms with Crippen molar-refractivity contribution in [2.75, 3.05) is 7.11 Å². The average molecular weight is 371 g/mol. The number of hydrogen-bond donors (Lipinski definition) is 1. The molecule has 1 rings (SSSR count). The first-order chi connectivity index (χ1) is 12.8. The predicted molar refractivity (Wildman–Crippen MR) is 119 cm³/mol. The van der Waals surface area contributed by atoms with Crippen LogP contribution in [0, 0.1) is 5.92 Å². The lowest BCUT2D eigenvalue weighted by Crippen LogP contribution is -2.32. The van der Waals surface area contributed by atoms with Gasteiger partial charge in [-0.05, 0) is 50.7 Å². The second kappa shape index (κ2) is 11.0. The van der Waals surface area contributed by atoms with Crippen LogP contribution in [0.4, 0.5) is 0 Å². The van der Waals surface area contributed by atoms with Crippen molar-refractivity contribution in [1.82, 2.24) is 5.32 Å². The van der Waals surface area contributed by atoms with Crippen molar-refractivity contribution in [2.24, 2.45) is 10.9 Å². The lowest BCUT2D eigenvalue weighted by Gasteiger charge is -2.25. The molecular weight excluding hydrogens is 332 g/mol. The largest absolute Gasteiger partial charge is 0.504 e. The van der Waals surface area contributed by atoms with Crippen LogP contribution >= 0.6 is 0 Å². The Morgan fingerprint density at radius 3 is 2.37 bits per heavy atom. The second-order valence-electron chi connectivity index (χ2n) is 7.29. The predicted octanol–water partition coefficient (Wildman–Crippen LogP) is 6.48. The Bertz CT molecular complexity index is 689. The monoisotopic (exact) mass is 370 g/mol. The molecule has 0 spiro atoms. The quantitative estimate of drug-likeness (QED) is 0.353. The van der Waals surface area contributed by atoms with Crippen LogP contribution in [-0.4, -0.2) is 18.9 Å². The minimum absolute atomic E-state index is 0.332. The van der Waals surface area contributed by atoms with Crippen molar-refractivity contribution >= 4 is 5.71 Å². The molecule has 0 saturated carbocycles. The summed E-state index contributed by atoms with van der Waals surface area (Å²) in [4.78, 5) is 4.92. The molecule has 0 aromatic rings. The van der Waals surface area contributed by atoms with Crippen LogP contribution in [0.15, 0.2) is 63.7 Å². The van der Waals surface area contributed by atoms with E-state index in [9.17, 15) is 0 Å². The summed E-state index contributed by atoms with van der Waals surface area (Å²) in [5.74, 6) is 0.561. The third-order valence-corrected chi connectivity index (χ3v) is 5.38. The van der Waals surface area contributed by atoms with Gasteiger partial charge in [0.15, 0.2) is 0 Å². The summed E-state index contributed by atoms with van der Waals surface area (Å²) in [7, 11) is 1.68. The van der Waals surface area contributed by atoms with E-state index < -0.39 is 0 Å². The van der Waals surface area contributed by atoms with E-state index in [4.69, 9.17) is 9.73 Å². The standard InChI is InChI=1S/C24H38N2O/c1-10-13-14-21(15-27-9)23(20(8)25-18(6)16(4)11-2)24-17(5)22(12-3)19(7)26-24/h13-16,18,25H,8,10-12H2,1-7,9H3/b14-13-,21-15+,24-23+. The zero-order valence-electron chi connectivity index (χ0n) is 18.6. The Balaban J connectivity index is 3.53. The summed E-state index contributed by atoms with van der Waals surface area (Å²) in [5, 5.41) is 3.62. The first-order valence-electron chi connectivity index (χ1n) is 10.2. The summed E-state index contributed by atoms with van der Waals surface area (Å²) in [5.41, 5.74) is 7.57. The second-order valence-corrected chi connectivity index (χ2v) is 7.29. The summed E-state index contributed by atoms with van der Waals surface area (Å²) >= 11 is 0. The van der Waals surface area contributed by atoms with Crippen LogP contribution in [-0.2, 0) is 4.74 Å². The zero-order chi connectivity index (χ0) is 20.6. The molecule has 0 fully saturated rings. The SMILES string of the molecule is C=C(NC(C)C(C)CC)C(=C1\N=C(C)C(CC)=C1C)/C(/C=C\CC)=C/OC. The van der Waals surface area contributed by atoms with Crippen molar-refractivity contribution in [2.45, 2.75) is 73.8 Å². The van der Waals surface area contributed by atoms with E-state index in [1.54, 1.807) is 13.4 Å². The third kappa shape index (κ3) is 5.72. The smallest absolute Gasteiger partial charge is 0.0904 e. The number of allylic oxidation sites excluding steroid dienone is 5. The van der Waals surface area contributed by atoms with Crippen molar-refractivity contribution in [3.63, 3.8) is 0 Å². The summed E-state index contributed by atoms with van der Waals surface area (Å²) in [6.45, 7) is 19.6. The molecule has 1 aliphatic rings. The molecule has 0 amide bonds. The number of methoxy groups -OCH3 is 1.